The summed E-state index contributed by atoms with van der Waals surface area (Å²) < 4.78 is 0. The quantitative estimate of drug-likeness (QED) is 0.168. The number of allylic oxidation sites excluding steroid dienone is 4. The third-order valence-electron chi connectivity index (χ3n) is 13.3. The molecule has 6 aromatic carbocycles. The van der Waals surface area contributed by atoms with Gasteiger partial charge in [0.05, 0.1) is 22.4 Å². The summed E-state index contributed by atoms with van der Waals surface area (Å²) in [4.78, 5) is 11.2. The molecule has 57 heavy (non-hydrogen) atoms. The van der Waals surface area contributed by atoms with Gasteiger partial charge in [-0.1, -0.05) is 168 Å². The zero-order valence-corrected chi connectivity index (χ0v) is 33.2. The van der Waals surface area contributed by atoms with Crippen LogP contribution < -0.4 is 0 Å². The Hall–Kier alpha value is -6.38. The van der Waals surface area contributed by atoms with Crippen molar-refractivity contribution in [3.63, 3.8) is 0 Å². The summed E-state index contributed by atoms with van der Waals surface area (Å²) in [5.74, 6) is 0.511. The number of rotatable bonds is 4. The smallest absolute Gasteiger partial charge is 0.0978 e. The molecule has 2 heteroatoms. The van der Waals surface area contributed by atoms with Gasteiger partial charge in [0.1, 0.15) is 0 Å². The first-order valence-corrected chi connectivity index (χ1v) is 20.4. The van der Waals surface area contributed by atoms with E-state index in [0.717, 1.165) is 61.9 Å². The Labute approximate surface area is 335 Å². The largest absolute Gasteiger partial charge is 0.245 e. The van der Waals surface area contributed by atoms with Gasteiger partial charge in [-0.15, -0.1) is 0 Å². The van der Waals surface area contributed by atoms with Crippen molar-refractivity contribution >= 4 is 27.4 Å². The van der Waals surface area contributed by atoms with E-state index in [0.29, 0.717) is 5.92 Å². The fraction of sp³-hybridized carbons (Fsp3) is 0.164. The molecular formula is C55H44N2. The Morgan fingerprint density at radius 3 is 1.56 bits per heavy atom. The molecule has 0 bridgehead atoms. The van der Waals surface area contributed by atoms with Gasteiger partial charge >= 0.3 is 0 Å². The lowest BCUT2D eigenvalue weighted by atomic mass is 9.78. The van der Waals surface area contributed by atoms with E-state index in [9.17, 15) is 0 Å². The molecule has 0 fully saturated rings. The van der Waals surface area contributed by atoms with Crippen LogP contribution in [0.4, 0.5) is 0 Å². The summed E-state index contributed by atoms with van der Waals surface area (Å²) in [6.07, 6.45) is 5.82. The van der Waals surface area contributed by atoms with Gasteiger partial charge in [0, 0.05) is 32.7 Å². The molecule has 2 heterocycles. The van der Waals surface area contributed by atoms with E-state index in [4.69, 9.17) is 9.97 Å². The number of aromatic nitrogens is 2. The fourth-order valence-corrected chi connectivity index (χ4v) is 10.3. The Morgan fingerprint density at radius 1 is 0.456 bits per heavy atom. The third-order valence-corrected chi connectivity index (χ3v) is 13.3. The molecule has 0 amide bonds. The SMILES string of the molecule is CC1CC=CC2=C1c1ccc(-c3cc(-c4ccccc4)c4ccc5c(-c6ccccc6)cc(-c6ccc7c(c6)C(C)(C)c6ccccc6-7)nc5c4n3)cc1C2(C)C. The zero-order valence-electron chi connectivity index (χ0n) is 33.2. The molecule has 0 aliphatic heterocycles. The molecule has 1 unspecified atom stereocenters. The maximum absolute atomic E-state index is 5.63. The molecule has 8 aromatic rings. The van der Waals surface area contributed by atoms with Crippen LogP contribution in [0.25, 0.3) is 83.3 Å². The molecule has 274 valence electrons. The standard InChI is InChI=1S/C55H44N2/c1-33-15-14-22-46-51(33)42-26-24-37(30-48(42)55(46,4)5)50-32-44(35-18-10-7-11-19-35)41-28-27-40-43(34-16-8-6-9-17-34)31-49(56-52(40)53(41)57-50)36-23-25-39-38-20-12-13-21-45(38)54(2,3)47(39)29-36/h6-14,16-33H,15H2,1-5H3. The van der Waals surface area contributed by atoms with E-state index < -0.39 is 0 Å². The van der Waals surface area contributed by atoms with Gasteiger partial charge < -0.3 is 0 Å². The molecule has 2 aromatic heterocycles. The molecule has 0 radical (unpaired) electrons. The van der Waals surface area contributed by atoms with Gasteiger partial charge in [-0.25, -0.2) is 9.97 Å². The van der Waals surface area contributed by atoms with Crippen molar-refractivity contribution in [3.8, 4) is 55.9 Å². The highest BCUT2D eigenvalue weighted by atomic mass is 14.8. The summed E-state index contributed by atoms with van der Waals surface area (Å²) in [6.45, 7) is 11.8. The summed E-state index contributed by atoms with van der Waals surface area (Å²) in [5, 5.41) is 2.20. The van der Waals surface area contributed by atoms with Gasteiger partial charge in [0.2, 0.25) is 0 Å². The van der Waals surface area contributed by atoms with Gasteiger partial charge in [-0.05, 0) is 103 Å². The van der Waals surface area contributed by atoms with Crippen LogP contribution in [0.1, 0.15) is 63.3 Å². The predicted molar refractivity (Wildman–Crippen MR) is 239 cm³/mol. The molecule has 0 saturated heterocycles. The molecule has 0 N–H and O–H groups in total. The van der Waals surface area contributed by atoms with Gasteiger partial charge in [-0.3, -0.25) is 0 Å². The van der Waals surface area contributed by atoms with Gasteiger partial charge in [-0.2, -0.15) is 0 Å². The minimum absolute atomic E-state index is 0.0789. The summed E-state index contributed by atoms with van der Waals surface area (Å²) in [5.41, 5.74) is 21.6. The molecule has 0 spiro atoms. The predicted octanol–water partition coefficient (Wildman–Crippen LogP) is 14.4. The van der Waals surface area contributed by atoms with Crippen molar-refractivity contribution in [2.75, 3.05) is 0 Å². The van der Waals surface area contributed by atoms with Crippen LogP contribution in [0.3, 0.4) is 0 Å². The molecule has 0 saturated carbocycles. The van der Waals surface area contributed by atoms with E-state index >= 15 is 0 Å². The van der Waals surface area contributed by atoms with Crippen LogP contribution in [0.15, 0.2) is 163 Å². The Balaban J connectivity index is 1.17. The van der Waals surface area contributed by atoms with Crippen LogP contribution >= 0.6 is 0 Å². The topological polar surface area (TPSA) is 25.8 Å². The van der Waals surface area contributed by atoms with Crippen molar-refractivity contribution in [3.05, 3.63) is 186 Å². The Bertz CT molecular complexity index is 3030. The average Bonchev–Trinajstić information content (AvgIpc) is 3.62. The second-order valence-electron chi connectivity index (χ2n) is 17.4. The number of hydrogen-bond donors (Lipinski definition) is 0. The molecule has 3 aliphatic rings. The second kappa shape index (κ2) is 12.3. The van der Waals surface area contributed by atoms with E-state index in [1.54, 1.807) is 0 Å². The summed E-state index contributed by atoms with van der Waals surface area (Å²) >= 11 is 0. The van der Waals surface area contributed by atoms with Crippen molar-refractivity contribution < 1.29 is 0 Å². The number of hydrogen-bond acceptors (Lipinski definition) is 2. The van der Waals surface area contributed by atoms with E-state index in [-0.39, 0.29) is 10.8 Å². The normalized spacial score (nSPS) is 17.1. The lowest BCUT2D eigenvalue weighted by Gasteiger charge is -2.25. The van der Waals surface area contributed by atoms with Crippen molar-refractivity contribution in [2.45, 2.75) is 51.9 Å². The first-order valence-electron chi connectivity index (χ1n) is 20.4. The maximum atomic E-state index is 5.63. The number of pyridine rings is 2. The molecule has 2 nitrogen and oxygen atoms in total. The number of nitrogens with zero attached hydrogens (tertiary/aromatic N) is 2. The maximum Gasteiger partial charge on any atom is 0.0978 e. The highest BCUT2D eigenvalue weighted by molar-refractivity contribution is 6.13. The van der Waals surface area contributed by atoms with Gasteiger partial charge in [0.15, 0.2) is 0 Å². The molecule has 1 atom stereocenters. The van der Waals surface area contributed by atoms with Crippen molar-refractivity contribution in [1.29, 1.82) is 0 Å². The van der Waals surface area contributed by atoms with Crippen LogP contribution in [0.5, 0.6) is 0 Å². The minimum Gasteiger partial charge on any atom is -0.245 e. The van der Waals surface area contributed by atoms with Crippen LogP contribution in [-0.4, -0.2) is 9.97 Å². The first-order chi connectivity index (χ1) is 27.7. The van der Waals surface area contributed by atoms with Crippen LogP contribution in [0.2, 0.25) is 0 Å². The number of benzene rings is 6. The monoisotopic (exact) mass is 732 g/mol. The summed E-state index contributed by atoms with van der Waals surface area (Å²) in [6, 6.07) is 53.5. The first kappa shape index (κ1) is 33.9. The van der Waals surface area contributed by atoms with E-state index in [2.05, 4.69) is 192 Å². The highest BCUT2D eigenvalue weighted by Crippen LogP contribution is 2.53. The molecule has 11 rings (SSSR count). The van der Waals surface area contributed by atoms with Crippen LogP contribution in [-0.2, 0) is 10.8 Å². The van der Waals surface area contributed by atoms with Crippen molar-refractivity contribution in [2.24, 2.45) is 5.92 Å². The lowest BCUT2D eigenvalue weighted by Crippen LogP contribution is -2.17. The fourth-order valence-electron chi connectivity index (χ4n) is 10.3. The average molecular weight is 733 g/mol. The summed E-state index contributed by atoms with van der Waals surface area (Å²) in [7, 11) is 0. The zero-order chi connectivity index (χ0) is 38.6. The number of fused-ring (bicyclic) bond motifs is 8. The van der Waals surface area contributed by atoms with Crippen molar-refractivity contribution in [1.82, 2.24) is 9.97 Å². The van der Waals surface area contributed by atoms with Crippen LogP contribution in [0, 0.1) is 5.92 Å². The van der Waals surface area contributed by atoms with E-state index in [1.807, 2.05) is 0 Å². The van der Waals surface area contributed by atoms with Gasteiger partial charge in [0.25, 0.3) is 0 Å². The second-order valence-corrected chi connectivity index (χ2v) is 17.4. The Kier molecular flexibility index (Phi) is 7.32. The van der Waals surface area contributed by atoms with E-state index in [1.165, 1.54) is 55.7 Å². The lowest BCUT2D eigenvalue weighted by molar-refractivity contribution is 0.643. The molecular weight excluding hydrogens is 689 g/mol. The molecule has 3 aliphatic carbocycles. The highest BCUT2D eigenvalue weighted by Gasteiger charge is 2.39. The Morgan fingerprint density at radius 2 is 0.965 bits per heavy atom. The minimum atomic E-state index is -0.109. The third kappa shape index (κ3) is 5.03.